The van der Waals surface area contributed by atoms with Crippen LogP contribution < -0.4 is 4.74 Å². The van der Waals surface area contributed by atoms with Gasteiger partial charge in [-0.25, -0.2) is 4.79 Å². The van der Waals surface area contributed by atoms with Crippen LogP contribution in [0.25, 0.3) is 23.1 Å². The Morgan fingerprint density at radius 2 is 2.05 bits per heavy atom. The lowest BCUT2D eigenvalue weighted by molar-refractivity contribution is 0.0595. The Morgan fingerprint density at radius 1 is 1.21 bits per heavy atom. The summed E-state index contributed by atoms with van der Waals surface area (Å²) in [6.45, 7) is 0.747. The summed E-state index contributed by atoms with van der Waals surface area (Å²) in [5.74, 6) is 0.0785. The second-order valence-electron chi connectivity index (χ2n) is 8.90. The highest BCUT2D eigenvalue weighted by Crippen LogP contribution is 2.33. The van der Waals surface area contributed by atoms with Crippen molar-refractivity contribution in [3.63, 3.8) is 0 Å². The zero-order chi connectivity index (χ0) is 26.8. The number of alkyl halides is 1. The molecule has 2 atom stereocenters. The molecule has 2 heterocycles. The summed E-state index contributed by atoms with van der Waals surface area (Å²) in [5, 5.41) is 10.1. The highest BCUT2D eigenvalue weighted by atomic mass is 35.5. The summed E-state index contributed by atoms with van der Waals surface area (Å²) >= 11 is 19.4. The van der Waals surface area contributed by atoms with E-state index in [0.29, 0.717) is 41.1 Å². The number of nitrogens with zero attached hydrogens (tertiary/aromatic N) is 3. The first-order valence-corrected chi connectivity index (χ1v) is 13.1. The van der Waals surface area contributed by atoms with Crippen LogP contribution in [0.5, 0.6) is 5.75 Å². The molecule has 0 N–H and O–H groups in total. The summed E-state index contributed by atoms with van der Waals surface area (Å²) in [7, 11) is 3.13. The number of aromatic nitrogens is 2. The number of ether oxygens (including phenoxy) is 2. The van der Waals surface area contributed by atoms with E-state index in [1.165, 1.54) is 7.11 Å². The van der Waals surface area contributed by atoms with Gasteiger partial charge in [-0.1, -0.05) is 52.7 Å². The van der Waals surface area contributed by atoms with Crippen LogP contribution in [0.4, 0.5) is 0 Å². The molecular formula is C28H24Cl3N3O4. The first-order chi connectivity index (χ1) is 18.4. The van der Waals surface area contributed by atoms with Crippen LogP contribution in [0.2, 0.25) is 5.02 Å². The van der Waals surface area contributed by atoms with E-state index < -0.39 is 5.97 Å². The van der Waals surface area contributed by atoms with Crippen molar-refractivity contribution < 1.29 is 19.1 Å². The van der Waals surface area contributed by atoms with Crippen LogP contribution in [0, 0.1) is 5.92 Å². The maximum atomic E-state index is 12.0. The number of oxime groups is 1. The van der Waals surface area contributed by atoms with Crippen LogP contribution in [-0.2, 0) is 16.6 Å². The number of esters is 1. The van der Waals surface area contributed by atoms with Gasteiger partial charge in [0.05, 0.1) is 34.7 Å². The third kappa shape index (κ3) is 5.32. The smallest absolute Gasteiger partial charge is 0.359 e. The largest absolute Gasteiger partial charge is 0.493 e. The maximum absolute atomic E-state index is 12.0. The number of hydrogen-bond acceptors (Lipinski definition) is 6. The van der Waals surface area contributed by atoms with Gasteiger partial charge < -0.3 is 14.3 Å². The van der Waals surface area contributed by atoms with E-state index in [1.54, 1.807) is 17.8 Å². The molecule has 0 saturated carbocycles. The van der Waals surface area contributed by atoms with Gasteiger partial charge in [-0.15, -0.1) is 11.6 Å². The molecule has 0 fully saturated rings. The zero-order valence-electron chi connectivity index (χ0n) is 20.7. The molecule has 0 saturated heterocycles. The average molecular weight is 573 g/mol. The van der Waals surface area contributed by atoms with Gasteiger partial charge >= 0.3 is 5.97 Å². The van der Waals surface area contributed by atoms with E-state index >= 15 is 0 Å². The molecule has 3 aromatic rings. The standard InChI is InChI=1S/C28H24Cl3N3O4/c1-34-24-12-16(7-11-20(24)27(32-34)28(35)36-2)6-8-17-9-10-19(13-23(17)31)37-14-18-15-38-33-26(18)25-21(29)4-3-5-22(25)30/h3-4,6-13,18,22H,5,14-15H2,1-2H3/b8-6+. The fourth-order valence-corrected chi connectivity index (χ4v) is 5.36. The van der Waals surface area contributed by atoms with Crippen molar-refractivity contribution in [2.45, 2.75) is 11.8 Å². The van der Waals surface area contributed by atoms with Crippen molar-refractivity contribution in [2.24, 2.45) is 18.1 Å². The van der Waals surface area contributed by atoms with Gasteiger partial charge in [0, 0.05) is 23.0 Å². The molecule has 196 valence electrons. The number of methoxy groups -OCH3 is 1. The monoisotopic (exact) mass is 571 g/mol. The highest BCUT2D eigenvalue weighted by Gasteiger charge is 2.32. The van der Waals surface area contributed by atoms with Crippen molar-refractivity contribution in [1.29, 1.82) is 0 Å². The summed E-state index contributed by atoms with van der Waals surface area (Å²) in [6, 6.07) is 11.3. The van der Waals surface area contributed by atoms with Gasteiger partial charge in [-0.3, -0.25) is 4.68 Å². The molecule has 2 aromatic carbocycles. The lowest BCUT2D eigenvalue weighted by Gasteiger charge is -2.20. The summed E-state index contributed by atoms with van der Waals surface area (Å²) < 4.78 is 12.5. The molecule has 7 nitrogen and oxygen atoms in total. The lowest BCUT2D eigenvalue weighted by atomic mass is 9.92. The first kappa shape index (κ1) is 26.4. The predicted octanol–water partition coefficient (Wildman–Crippen LogP) is 6.63. The second kappa shape index (κ2) is 11.2. The molecule has 5 rings (SSSR count). The molecular weight excluding hydrogens is 549 g/mol. The van der Waals surface area contributed by atoms with Crippen molar-refractivity contribution >= 4 is 69.5 Å². The fourth-order valence-electron chi connectivity index (χ4n) is 4.42. The van der Waals surface area contributed by atoms with Gasteiger partial charge in [0.25, 0.3) is 0 Å². The van der Waals surface area contributed by atoms with E-state index in [4.69, 9.17) is 49.1 Å². The molecule has 2 unspecified atom stereocenters. The van der Waals surface area contributed by atoms with Gasteiger partial charge in [0.1, 0.15) is 19.0 Å². The number of carbonyl (C=O) groups is 1. The fraction of sp³-hybridized carbons (Fsp3) is 0.250. The van der Waals surface area contributed by atoms with Gasteiger partial charge in [0.2, 0.25) is 0 Å². The van der Waals surface area contributed by atoms with Gasteiger partial charge in [-0.2, -0.15) is 5.10 Å². The second-order valence-corrected chi connectivity index (χ2v) is 10.2. The Labute approximate surface area is 234 Å². The number of rotatable bonds is 7. The summed E-state index contributed by atoms with van der Waals surface area (Å²) in [5.41, 5.74) is 4.41. The van der Waals surface area contributed by atoms with E-state index in [-0.39, 0.29) is 11.3 Å². The molecule has 38 heavy (non-hydrogen) atoms. The van der Waals surface area contributed by atoms with Crippen molar-refractivity contribution in [3.8, 4) is 5.75 Å². The topological polar surface area (TPSA) is 74.9 Å². The van der Waals surface area contributed by atoms with Crippen LogP contribution in [0.15, 0.2) is 64.3 Å². The molecule has 1 aromatic heterocycles. The van der Waals surface area contributed by atoms with E-state index in [2.05, 4.69) is 10.3 Å². The zero-order valence-corrected chi connectivity index (χ0v) is 22.9. The molecule has 0 spiro atoms. The van der Waals surface area contributed by atoms with Crippen LogP contribution in [0.1, 0.15) is 28.0 Å². The quantitative estimate of drug-likeness (QED) is 0.181. The summed E-state index contributed by atoms with van der Waals surface area (Å²) in [4.78, 5) is 17.3. The minimum atomic E-state index is -0.466. The Hall–Kier alpha value is -3.26. The number of aryl methyl sites for hydroxylation is 1. The van der Waals surface area contributed by atoms with Crippen molar-refractivity contribution in [1.82, 2.24) is 9.78 Å². The van der Waals surface area contributed by atoms with Crippen LogP contribution >= 0.6 is 34.8 Å². The molecule has 1 aliphatic carbocycles. The minimum absolute atomic E-state index is 0.0912. The number of fused-ring (bicyclic) bond motifs is 1. The Bertz CT molecular complexity index is 1520. The highest BCUT2D eigenvalue weighted by molar-refractivity contribution is 6.37. The molecule has 10 heteroatoms. The van der Waals surface area contributed by atoms with E-state index in [9.17, 15) is 4.79 Å². The third-order valence-electron chi connectivity index (χ3n) is 6.41. The average Bonchev–Trinajstić information content (AvgIpc) is 3.50. The SMILES string of the molecule is COC(=O)c1nn(C)c2cc(/C=C/c3ccc(OCC4CON=C4C4=C(Cl)C=CCC4Cl)cc3Cl)ccc12. The normalized spacial score (nSPS) is 19.2. The van der Waals surface area contributed by atoms with Crippen molar-refractivity contribution in [3.05, 3.63) is 81.0 Å². The Balaban J connectivity index is 1.27. The number of hydrogen-bond donors (Lipinski definition) is 0. The number of carbonyl (C=O) groups excluding carboxylic acids is 1. The number of halogens is 3. The third-order valence-corrected chi connectivity index (χ3v) is 7.47. The molecule has 0 amide bonds. The van der Waals surface area contributed by atoms with Crippen LogP contribution in [-0.4, -0.2) is 47.2 Å². The van der Waals surface area contributed by atoms with Gasteiger partial charge in [0.15, 0.2) is 5.69 Å². The maximum Gasteiger partial charge on any atom is 0.359 e. The van der Waals surface area contributed by atoms with E-state index in [0.717, 1.165) is 33.3 Å². The van der Waals surface area contributed by atoms with E-state index in [1.807, 2.05) is 54.6 Å². The lowest BCUT2D eigenvalue weighted by Crippen LogP contribution is -2.27. The number of allylic oxidation sites excluding steroid dienone is 4. The number of benzene rings is 2. The van der Waals surface area contributed by atoms with Gasteiger partial charge in [-0.05, 0) is 54.0 Å². The Morgan fingerprint density at radius 3 is 2.82 bits per heavy atom. The molecule has 0 radical (unpaired) electrons. The van der Waals surface area contributed by atoms with Crippen LogP contribution in [0.3, 0.4) is 0 Å². The molecule has 0 bridgehead atoms. The summed E-state index contributed by atoms with van der Waals surface area (Å²) in [6.07, 6.45) is 8.35. The first-order valence-electron chi connectivity index (χ1n) is 11.9. The predicted molar refractivity (Wildman–Crippen MR) is 151 cm³/mol. The molecule has 2 aliphatic rings. The minimum Gasteiger partial charge on any atom is -0.493 e. The Kier molecular flexibility index (Phi) is 7.79. The van der Waals surface area contributed by atoms with Crippen molar-refractivity contribution in [2.75, 3.05) is 20.3 Å². The molecule has 1 aliphatic heterocycles.